The van der Waals surface area contributed by atoms with Gasteiger partial charge >= 0.3 is 0 Å². The Morgan fingerprint density at radius 2 is 2.00 bits per heavy atom. The number of benzene rings is 2. The van der Waals surface area contributed by atoms with Gasteiger partial charge in [-0.2, -0.15) is 0 Å². The quantitative estimate of drug-likeness (QED) is 0.105. The molecule has 4 rings (SSSR count). The molecule has 6 nitrogen and oxygen atoms in total. The molecule has 0 radical (unpaired) electrons. The first-order valence-electron chi connectivity index (χ1n) is 14.4. The van der Waals surface area contributed by atoms with Gasteiger partial charge < -0.3 is 21.4 Å². The molecule has 1 aliphatic heterocycles. The summed E-state index contributed by atoms with van der Waals surface area (Å²) in [5, 5.41) is 16.2. The van der Waals surface area contributed by atoms with Gasteiger partial charge in [0.25, 0.3) is 5.56 Å². The zero-order chi connectivity index (χ0) is 27.1. The van der Waals surface area contributed by atoms with Gasteiger partial charge in [-0.25, -0.2) is 0 Å². The molecule has 0 aliphatic carbocycles. The zero-order valence-corrected chi connectivity index (χ0v) is 23.4. The molecular formula is C32H45N5O. The second kappa shape index (κ2) is 12.6. The van der Waals surface area contributed by atoms with Gasteiger partial charge in [-0.1, -0.05) is 50.8 Å². The number of aryl methyl sites for hydroxylation is 1. The van der Waals surface area contributed by atoms with Crippen LogP contribution in [0.3, 0.4) is 0 Å². The van der Waals surface area contributed by atoms with E-state index in [0.717, 1.165) is 54.4 Å². The van der Waals surface area contributed by atoms with Crippen molar-refractivity contribution in [2.45, 2.75) is 96.6 Å². The van der Waals surface area contributed by atoms with Gasteiger partial charge in [0.2, 0.25) is 0 Å². The summed E-state index contributed by atoms with van der Waals surface area (Å²) in [4.78, 5) is 16.1. The van der Waals surface area contributed by atoms with Crippen molar-refractivity contribution >= 4 is 22.4 Å². The molecule has 0 bridgehead atoms. The summed E-state index contributed by atoms with van der Waals surface area (Å²) < 4.78 is 0. The Bertz CT molecular complexity index is 1310. The van der Waals surface area contributed by atoms with Crippen molar-refractivity contribution in [1.82, 2.24) is 10.3 Å². The Labute approximate surface area is 227 Å². The monoisotopic (exact) mass is 515 g/mol. The number of piperidine rings is 1. The summed E-state index contributed by atoms with van der Waals surface area (Å²) in [6.07, 6.45) is 12.0. The van der Waals surface area contributed by atoms with Gasteiger partial charge in [0.15, 0.2) is 0 Å². The normalized spacial score (nSPS) is 19.5. The van der Waals surface area contributed by atoms with Crippen LogP contribution in [-0.2, 0) is 6.42 Å². The molecule has 0 amide bonds. The van der Waals surface area contributed by atoms with Crippen molar-refractivity contribution in [3.8, 4) is 11.1 Å². The van der Waals surface area contributed by atoms with Crippen molar-refractivity contribution in [3.63, 3.8) is 0 Å². The maximum Gasteiger partial charge on any atom is 0.256 e. The topological polar surface area (TPSA) is 107 Å². The minimum absolute atomic E-state index is 0.00285. The smallest absolute Gasteiger partial charge is 0.256 e. The highest BCUT2D eigenvalue weighted by molar-refractivity contribution is 5.96. The molecule has 1 unspecified atom stereocenters. The van der Waals surface area contributed by atoms with Gasteiger partial charge in [0.1, 0.15) is 5.84 Å². The van der Waals surface area contributed by atoms with E-state index in [1.165, 1.54) is 44.1 Å². The summed E-state index contributed by atoms with van der Waals surface area (Å²) in [5.74, 6) is -0.00285. The zero-order valence-electron chi connectivity index (χ0n) is 23.4. The van der Waals surface area contributed by atoms with Crippen LogP contribution in [0, 0.1) is 5.41 Å². The van der Waals surface area contributed by atoms with Crippen LogP contribution in [0.1, 0.15) is 89.7 Å². The molecule has 2 heterocycles. The van der Waals surface area contributed by atoms with E-state index in [-0.39, 0.29) is 16.9 Å². The van der Waals surface area contributed by atoms with Crippen molar-refractivity contribution in [3.05, 3.63) is 63.9 Å². The number of hydrogen-bond donors (Lipinski definition) is 5. The number of nitrogens with two attached hydrogens (primary N) is 1. The second-order valence-electron chi connectivity index (χ2n) is 11.4. The minimum atomic E-state index is -0.135. The van der Waals surface area contributed by atoms with E-state index in [9.17, 15) is 4.79 Å². The van der Waals surface area contributed by atoms with Crippen LogP contribution in [-0.4, -0.2) is 28.9 Å². The summed E-state index contributed by atoms with van der Waals surface area (Å²) in [6.45, 7) is 7.83. The molecule has 2 aromatic carbocycles. The van der Waals surface area contributed by atoms with E-state index < -0.39 is 0 Å². The highest BCUT2D eigenvalue weighted by Crippen LogP contribution is 2.29. The maximum absolute atomic E-state index is 13.0. The highest BCUT2D eigenvalue weighted by Gasteiger charge is 2.28. The van der Waals surface area contributed by atoms with E-state index in [2.05, 4.69) is 48.5 Å². The molecule has 1 fully saturated rings. The highest BCUT2D eigenvalue weighted by atomic mass is 16.1. The van der Waals surface area contributed by atoms with E-state index in [1.54, 1.807) is 6.07 Å². The lowest BCUT2D eigenvalue weighted by Gasteiger charge is -2.39. The number of hydrogen-bond acceptors (Lipinski definition) is 4. The number of nitrogens with one attached hydrogen (secondary N) is 4. The molecule has 3 aromatic rings. The first-order valence-corrected chi connectivity index (χ1v) is 14.4. The van der Waals surface area contributed by atoms with Crippen LogP contribution < -0.4 is 21.9 Å². The molecular weight excluding hydrogens is 470 g/mol. The van der Waals surface area contributed by atoms with Crippen LogP contribution in [0.15, 0.2) is 47.3 Å². The van der Waals surface area contributed by atoms with Crippen LogP contribution in [0.25, 0.3) is 22.0 Å². The lowest BCUT2D eigenvalue weighted by molar-refractivity contribution is 0.214. The Kier molecular flexibility index (Phi) is 9.26. The fourth-order valence-corrected chi connectivity index (χ4v) is 5.88. The Balaban J connectivity index is 1.53. The lowest BCUT2D eigenvalue weighted by atomic mass is 9.83. The molecule has 1 saturated heterocycles. The third-order valence-electron chi connectivity index (χ3n) is 8.03. The van der Waals surface area contributed by atoms with E-state index >= 15 is 0 Å². The van der Waals surface area contributed by atoms with E-state index in [1.807, 2.05) is 24.3 Å². The molecule has 0 spiro atoms. The SMILES string of the molecule is CCCCNc1cc2[nH]c(=O)c(-c3cccc(C(=N)N)c3)cc2cc1CCCCC[C@]1(C)CCCC(C)N1. The number of aromatic nitrogens is 1. The molecule has 0 saturated carbocycles. The average Bonchev–Trinajstić information content (AvgIpc) is 2.88. The van der Waals surface area contributed by atoms with Gasteiger partial charge in [0, 0.05) is 34.9 Å². The largest absolute Gasteiger partial charge is 0.385 e. The van der Waals surface area contributed by atoms with Gasteiger partial charge in [-0.3, -0.25) is 10.2 Å². The van der Waals surface area contributed by atoms with Crippen LogP contribution in [0.2, 0.25) is 0 Å². The van der Waals surface area contributed by atoms with Crippen LogP contribution in [0.4, 0.5) is 5.69 Å². The third-order valence-corrected chi connectivity index (χ3v) is 8.03. The number of nitrogen functional groups attached to an aromatic ring is 1. The van der Waals surface area contributed by atoms with Crippen molar-refractivity contribution in [2.24, 2.45) is 5.73 Å². The molecule has 38 heavy (non-hydrogen) atoms. The fourth-order valence-electron chi connectivity index (χ4n) is 5.88. The van der Waals surface area contributed by atoms with Crippen LogP contribution >= 0.6 is 0 Å². The Hall–Kier alpha value is -3.12. The Morgan fingerprint density at radius 1 is 1.16 bits per heavy atom. The molecule has 2 atom stereocenters. The molecule has 6 N–H and O–H groups in total. The number of fused-ring (bicyclic) bond motifs is 1. The number of amidine groups is 1. The standard InChI is InChI=1S/C32H45N5O/c1-4-5-17-35-28-21-29-26(20-27(31(38)36-29)23-13-9-14-25(18-23)30(33)34)19-24(28)12-7-6-8-15-32(3)16-10-11-22(2)37-32/h9,13-14,18-22,35,37H,4-8,10-12,15-17H2,1-3H3,(H3,33,34)(H,36,38)/t22?,32-/m1/s1. The number of anilines is 1. The van der Waals surface area contributed by atoms with Gasteiger partial charge in [-0.15, -0.1) is 0 Å². The number of pyridine rings is 1. The minimum Gasteiger partial charge on any atom is -0.385 e. The fraction of sp³-hybridized carbons (Fsp3) is 0.500. The number of rotatable bonds is 12. The van der Waals surface area contributed by atoms with Crippen LogP contribution in [0.5, 0.6) is 0 Å². The number of unbranched alkanes of at least 4 members (excludes halogenated alkanes) is 3. The van der Waals surface area contributed by atoms with E-state index in [0.29, 0.717) is 17.2 Å². The predicted molar refractivity (Wildman–Crippen MR) is 161 cm³/mol. The van der Waals surface area contributed by atoms with Gasteiger partial charge in [0.05, 0.1) is 5.52 Å². The molecule has 1 aromatic heterocycles. The molecule has 6 heteroatoms. The van der Waals surface area contributed by atoms with Crippen molar-refractivity contribution in [1.29, 1.82) is 5.41 Å². The Morgan fingerprint density at radius 3 is 2.76 bits per heavy atom. The van der Waals surface area contributed by atoms with E-state index in [4.69, 9.17) is 11.1 Å². The maximum atomic E-state index is 13.0. The number of H-pyrrole nitrogens is 1. The third kappa shape index (κ3) is 7.04. The number of aromatic amines is 1. The predicted octanol–water partition coefficient (Wildman–Crippen LogP) is 6.71. The van der Waals surface area contributed by atoms with Crippen molar-refractivity contribution in [2.75, 3.05) is 11.9 Å². The summed E-state index contributed by atoms with van der Waals surface area (Å²) in [6, 6.07) is 14.3. The summed E-state index contributed by atoms with van der Waals surface area (Å²) in [5.41, 5.74) is 11.1. The van der Waals surface area contributed by atoms with Crippen molar-refractivity contribution < 1.29 is 0 Å². The average molecular weight is 516 g/mol. The molecule has 204 valence electrons. The second-order valence-corrected chi connectivity index (χ2v) is 11.4. The van der Waals surface area contributed by atoms with Gasteiger partial charge in [-0.05, 0) is 93.2 Å². The first kappa shape index (κ1) is 27.9. The lowest BCUT2D eigenvalue weighted by Crippen LogP contribution is -2.50. The molecule has 1 aliphatic rings. The summed E-state index contributed by atoms with van der Waals surface area (Å²) in [7, 11) is 0. The summed E-state index contributed by atoms with van der Waals surface area (Å²) >= 11 is 0. The first-order chi connectivity index (χ1) is 18.3.